The number of aromatic nitrogens is 1. The molecule has 0 atom stereocenters. The van der Waals surface area contributed by atoms with Crippen molar-refractivity contribution in [2.75, 3.05) is 24.7 Å². The topological polar surface area (TPSA) is 78.4 Å². The molecule has 0 saturated carbocycles. The van der Waals surface area contributed by atoms with E-state index in [4.69, 9.17) is 26.3 Å². The van der Waals surface area contributed by atoms with E-state index in [1.54, 1.807) is 30.5 Å². The molecular weight excluding hydrogens is 318 g/mol. The normalized spacial score (nSPS) is 12.5. The monoisotopic (exact) mass is 331 g/mol. The molecule has 2 heterocycles. The Kier molecular flexibility index (Phi) is 4.40. The summed E-state index contributed by atoms with van der Waals surface area (Å²) in [6.45, 7) is 1.24. The van der Waals surface area contributed by atoms with Crippen molar-refractivity contribution in [3.8, 4) is 17.6 Å². The molecule has 0 bridgehead atoms. The number of aromatic amines is 1. The molecule has 1 aliphatic heterocycles. The van der Waals surface area contributed by atoms with Gasteiger partial charge in [0.2, 0.25) is 0 Å². The van der Waals surface area contributed by atoms with E-state index in [2.05, 4.69) is 11.1 Å². The Bertz CT molecular complexity index is 766. The Morgan fingerprint density at radius 2 is 2.09 bits per heavy atom. The number of ether oxygens (including phenoxy) is 2. The van der Waals surface area contributed by atoms with Crippen molar-refractivity contribution in [1.29, 1.82) is 5.26 Å². The number of nitrogens with one attached hydrogen (secondary N) is 1. The van der Waals surface area contributed by atoms with E-state index in [0.717, 1.165) is 0 Å². The highest BCUT2D eigenvalue weighted by molar-refractivity contribution is 6.31. The minimum absolute atomic E-state index is 0.217. The number of nitrogens with zero attached hydrogens (tertiary/aromatic N) is 2. The predicted molar refractivity (Wildman–Crippen MR) is 85.1 cm³/mol. The average molecular weight is 332 g/mol. The van der Waals surface area contributed by atoms with Crippen LogP contribution in [0.2, 0.25) is 5.02 Å². The van der Waals surface area contributed by atoms with Gasteiger partial charge in [0.15, 0.2) is 11.5 Å². The van der Waals surface area contributed by atoms with E-state index < -0.39 is 0 Å². The molecule has 0 saturated heterocycles. The molecule has 1 aromatic heterocycles. The molecule has 1 aromatic carbocycles. The van der Waals surface area contributed by atoms with Crippen LogP contribution in [0.4, 0.5) is 5.69 Å². The second-order valence-electron chi connectivity index (χ2n) is 4.92. The second-order valence-corrected chi connectivity index (χ2v) is 5.36. The third kappa shape index (κ3) is 3.25. The van der Waals surface area contributed by atoms with E-state index >= 15 is 0 Å². The molecule has 1 N–H and O–H groups in total. The quantitative estimate of drug-likeness (QED) is 0.934. The van der Waals surface area contributed by atoms with E-state index in [9.17, 15) is 4.79 Å². The number of carbonyl (C=O) groups is 1. The fourth-order valence-electron chi connectivity index (χ4n) is 2.35. The lowest BCUT2D eigenvalue weighted by molar-refractivity contribution is 0.0983. The predicted octanol–water partition coefficient (Wildman–Crippen LogP) is 3.00. The number of fused-ring (bicyclic) bond motifs is 1. The number of amides is 1. The van der Waals surface area contributed by atoms with Crippen LogP contribution in [0.1, 0.15) is 16.9 Å². The Morgan fingerprint density at radius 1 is 1.30 bits per heavy atom. The summed E-state index contributed by atoms with van der Waals surface area (Å²) in [4.78, 5) is 17.0. The zero-order valence-corrected chi connectivity index (χ0v) is 13.0. The molecule has 118 valence electrons. The highest BCUT2D eigenvalue weighted by Crippen LogP contribution is 2.34. The number of nitriles is 1. The molecular formula is C16H14ClN3O3. The molecule has 23 heavy (non-hydrogen) atoms. The third-order valence-corrected chi connectivity index (χ3v) is 3.63. The largest absolute Gasteiger partial charge is 0.486 e. The highest BCUT2D eigenvalue weighted by atomic mass is 35.5. The summed E-state index contributed by atoms with van der Waals surface area (Å²) in [5, 5.41) is 9.30. The summed E-state index contributed by atoms with van der Waals surface area (Å²) < 4.78 is 11.0. The first-order valence-corrected chi connectivity index (χ1v) is 7.49. The Hall–Kier alpha value is -2.65. The van der Waals surface area contributed by atoms with Crippen LogP contribution in [-0.4, -0.2) is 30.6 Å². The number of anilines is 1. The van der Waals surface area contributed by atoms with Gasteiger partial charge >= 0.3 is 0 Å². The van der Waals surface area contributed by atoms with Gasteiger partial charge in [0.1, 0.15) is 18.9 Å². The molecule has 0 spiro atoms. The number of hydrogen-bond acceptors (Lipinski definition) is 4. The second kappa shape index (κ2) is 6.63. The summed E-state index contributed by atoms with van der Waals surface area (Å²) in [6.07, 6.45) is 1.76. The van der Waals surface area contributed by atoms with E-state index in [0.29, 0.717) is 41.1 Å². The first kappa shape index (κ1) is 15.3. The van der Waals surface area contributed by atoms with Gasteiger partial charge in [-0.15, -0.1) is 0 Å². The minimum Gasteiger partial charge on any atom is -0.486 e. The lowest BCUT2D eigenvalue weighted by Crippen LogP contribution is -2.32. The van der Waals surface area contributed by atoms with E-state index in [-0.39, 0.29) is 18.9 Å². The zero-order valence-electron chi connectivity index (χ0n) is 12.2. The smallest absolute Gasteiger partial charge is 0.274 e. The van der Waals surface area contributed by atoms with Crippen LogP contribution in [-0.2, 0) is 0 Å². The van der Waals surface area contributed by atoms with Crippen LogP contribution in [0, 0.1) is 11.3 Å². The van der Waals surface area contributed by atoms with Gasteiger partial charge in [0.25, 0.3) is 5.91 Å². The summed E-state index contributed by atoms with van der Waals surface area (Å²) in [6, 6.07) is 8.89. The van der Waals surface area contributed by atoms with Crippen LogP contribution in [0.3, 0.4) is 0 Å². The first-order chi connectivity index (χ1) is 11.2. The van der Waals surface area contributed by atoms with Crippen LogP contribution in [0.15, 0.2) is 30.5 Å². The fraction of sp³-hybridized carbons (Fsp3) is 0.250. The summed E-state index contributed by atoms with van der Waals surface area (Å²) in [5.41, 5.74) is 1.00. The van der Waals surface area contributed by atoms with Crippen molar-refractivity contribution in [3.63, 3.8) is 0 Å². The number of benzene rings is 1. The van der Waals surface area contributed by atoms with Crippen molar-refractivity contribution < 1.29 is 14.3 Å². The van der Waals surface area contributed by atoms with Crippen LogP contribution >= 0.6 is 11.6 Å². The molecule has 0 aliphatic carbocycles. The number of carbonyl (C=O) groups excluding carboxylic acids is 1. The molecule has 7 heteroatoms. The minimum atomic E-state index is -0.260. The fourth-order valence-corrected chi connectivity index (χ4v) is 2.51. The van der Waals surface area contributed by atoms with Gasteiger partial charge in [-0.05, 0) is 18.2 Å². The lowest BCUT2D eigenvalue weighted by atomic mass is 10.2. The van der Waals surface area contributed by atoms with Gasteiger partial charge in [0.05, 0.1) is 17.5 Å². The van der Waals surface area contributed by atoms with Gasteiger partial charge in [-0.1, -0.05) is 11.6 Å². The van der Waals surface area contributed by atoms with Gasteiger partial charge in [-0.25, -0.2) is 0 Å². The van der Waals surface area contributed by atoms with Gasteiger partial charge in [-0.3, -0.25) is 4.79 Å². The standard InChI is InChI=1S/C16H14ClN3O3/c17-11-8-13(19-10-11)16(21)20(5-1-4-18)12-2-3-14-15(9-12)23-7-6-22-14/h2-3,8-10,19H,1,5-7H2. The van der Waals surface area contributed by atoms with Crippen LogP contribution in [0.25, 0.3) is 0 Å². The summed E-state index contributed by atoms with van der Waals surface area (Å²) >= 11 is 5.86. The van der Waals surface area contributed by atoms with Gasteiger partial charge < -0.3 is 19.4 Å². The summed E-state index contributed by atoms with van der Waals surface area (Å²) in [5.74, 6) is 0.979. The van der Waals surface area contributed by atoms with Crippen molar-refractivity contribution in [3.05, 3.63) is 41.2 Å². The van der Waals surface area contributed by atoms with E-state index in [1.807, 2.05) is 0 Å². The Morgan fingerprint density at radius 3 is 2.78 bits per heavy atom. The molecule has 0 radical (unpaired) electrons. The van der Waals surface area contributed by atoms with Crippen molar-refractivity contribution in [2.45, 2.75) is 6.42 Å². The summed E-state index contributed by atoms with van der Waals surface area (Å²) in [7, 11) is 0. The number of rotatable bonds is 4. The molecule has 1 aliphatic rings. The molecule has 3 rings (SSSR count). The van der Waals surface area contributed by atoms with Crippen LogP contribution in [0.5, 0.6) is 11.5 Å². The van der Waals surface area contributed by atoms with Crippen molar-refractivity contribution >= 4 is 23.2 Å². The van der Waals surface area contributed by atoms with Gasteiger partial charge in [-0.2, -0.15) is 5.26 Å². The highest BCUT2D eigenvalue weighted by Gasteiger charge is 2.21. The molecule has 6 nitrogen and oxygen atoms in total. The van der Waals surface area contributed by atoms with Crippen LogP contribution < -0.4 is 14.4 Å². The molecule has 0 unspecified atom stereocenters. The Balaban J connectivity index is 1.92. The maximum absolute atomic E-state index is 12.7. The third-order valence-electron chi connectivity index (χ3n) is 3.41. The first-order valence-electron chi connectivity index (χ1n) is 7.11. The number of hydrogen-bond donors (Lipinski definition) is 1. The number of H-pyrrole nitrogens is 1. The van der Waals surface area contributed by atoms with Crippen molar-refractivity contribution in [1.82, 2.24) is 4.98 Å². The SMILES string of the molecule is N#CCCN(C(=O)c1cc(Cl)c[nH]1)c1ccc2c(c1)OCCO2. The average Bonchev–Trinajstić information content (AvgIpc) is 3.01. The maximum atomic E-state index is 12.7. The van der Waals surface area contributed by atoms with E-state index in [1.165, 1.54) is 4.90 Å². The molecule has 2 aromatic rings. The molecule has 1 amide bonds. The lowest BCUT2D eigenvalue weighted by Gasteiger charge is -2.24. The maximum Gasteiger partial charge on any atom is 0.274 e. The Labute approximate surface area is 138 Å². The number of halogens is 1. The molecule has 0 fully saturated rings. The zero-order chi connectivity index (χ0) is 16.2. The van der Waals surface area contributed by atoms with Crippen molar-refractivity contribution in [2.24, 2.45) is 0 Å². The van der Waals surface area contributed by atoms with Gasteiger partial charge in [0, 0.05) is 24.5 Å².